The number of anilines is 1. The van der Waals surface area contributed by atoms with Crippen molar-refractivity contribution in [3.63, 3.8) is 0 Å². The first-order chi connectivity index (χ1) is 16.3. The van der Waals surface area contributed by atoms with Gasteiger partial charge in [-0.3, -0.25) is 9.52 Å². The molecule has 0 heterocycles. The molecule has 4 aromatic carbocycles. The molecule has 2 N–H and O–H groups in total. The summed E-state index contributed by atoms with van der Waals surface area (Å²) in [6, 6.07) is 29.8. The predicted molar refractivity (Wildman–Crippen MR) is 136 cm³/mol. The van der Waals surface area contributed by atoms with Crippen LogP contribution in [0.2, 0.25) is 5.02 Å². The molecule has 0 saturated heterocycles. The van der Waals surface area contributed by atoms with Crippen LogP contribution in [0.5, 0.6) is 0 Å². The molecule has 0 radical (unpaired) electrons. The smallest absolute Gasteiger partial charge is 0.263 e. The van der Waals surface area contributed by atoms with Crippen molar-refractivity contribution < 1.29 is 13.2 Å². The number of hydrogen-bond donors (Lipinski definition) is 2. The van der Waals surface area contributed by atoms with E-state index in [2.05, 4.69) is 10.0 Å². The first-order valence-electron chi connectivity index (χ1n) is 10.6. The molecule has 172 valence electrons. The summed E-state index contributed by atoms with van der Waals surface area (Å²) in [6.45, 7) is 2.00. The van der Waals surface area contributed by atoms with E-state index in [0.29, 0.717) is 5.69 Å². The van der Waals surface area contributed by atoms with Crippen LogP contribution in [0.3, 0.4) is 0 Å². The number of aryl methyl sites for hydroxylation is 1. The second-order valence-electron chi connectivity index (χ2n) is 7.84. The molecule has 34 heavy (non-hydrogen) atoms. The van der Waals surface area contributed by atoms with E-state index in [1.165, 1.54) is 18.2 Å². The monoisotopic (exact) mass is 490 g/mol. The van der Waals surface area contributed by atoms with E-state index >= 15 is 0 Å². The minimum atomic E-state index is -4.00. The molecule has 0 fully saturated rings. The van der Waals surface area contributed by atoms with Crippen molar-refractivity contribution >= 4 is 33.2 Å². The number of rotatable bonds is 7. The Morgan fingerprint density at radius 2 is 1.38 bits per heavy atom. The number of benzene rings is 4. The Bertz CT molecular complexity index is 1390. The topological polar surface area (TPSA) is 75.3 Å². The van der Waals surface area contributed by atoms with E-state index in [1.54, 1.807) is 30.3 Å². The molecule has 0 aliphatic carbocycles. The summed E-state index contributed by atoms with van der Waals surface area (Å²) in [6.07, 6.45) is 0. The van der Waals surface area contributed by atoms with Gasteiger partial charge >= 0.3 is 0 Å². The van der Waals surface area contributed by atoms with Crippen LogP contribution >= 0.6 is 11.6 Å². The van der Waals surface area contributed by atoms with Gasteiger partial charge in [-0.2, -0.15) is 0 Å². The van der Waals surface area contributed by atoms with Gasteiger partial charge in [0, 0.05) is 11.3 Å². The molecule has 4 aromatic rings. The van der Waals surface area contributed by atoms with Crippen LogP contribution in [-0.4, -0.2) is 14.3 Å². The average Bonchev–Trinajstić information content (AvgIpc) is 2.84. The maximum absolute atomic E-state index is 13.2. The van der Waals surface area contributed by atoms with E-state index in [-0.39, 0.29) is 15.5 Å². The van der Waals surface area contributed by atoms with Gasteiger partial charge in [-0.15, -0.1) is 0 Å². The van der Waals surface area contributed by atoms with Crippen molar-refractivity contribution in [2.75, 3.05) is 4.72 Å². The van der Waals surface area contributed by atoms with Crippen molar-refractivity contribution in [3.05, 3.63) is 130 Å². The summed E-state index contributed by atoms with van der Waals surface area (Å²) in [7, 11) is -4.00. The van der Waals surface area contributed by atoms with Crippen LogP contribution in [0.4, 0.5) is 5.69 Å². The molecular formula is C27H23ClN2O3S. The van der Waals surface area contributed by atoms with E-state index in [0.717, 1.165) is 16.7 Å². The zero-order chi connectivity index (χ0) is 24.1. The van der Waals surface area contributed by atoms with Crippen LogP contribution in [0, 0.1) is 6.92 Å². The lowest BCUT2D eigenvalue weighted by Gasteiger charge is -2.20. The number of halogens is 1. The fourth-order valence-electron chi connectivity index (χ4n) is 3.54. The first-order valence-corrected chi connectivity index (χ1v) is 12.5. The van der Waals surface area contributed by atoms with E-state index in [9.17, 15) is 13.2 Å². The Hall–Kier alpha value is -3.61. The molecule has 4 rings (SSSR count). The van der Waals surface area contributed by atoms with Crippen LogP contribution < -0.4 is 10.0 Å². The summed E-state index contributed by atoms with van der Waals surface area (Å²) in [5.74, 6) is -0.415. The van der Waals surface area contributed by atoms with Crippen molar-refractivity contribution in [1.29, 1.82) is 0 Å². The Kier molecular flexibility index (Phi) is 7.01. The number of carbonyl (C=O) groups excluding carboxylic acids is 1. The molecular weight excluding hydrogens is 468 g/mol. The highest BCUT2D eigenvalue weighted by molar-refractivity contribution is 7.92. The third-order valence-electron chi connectivity index (χ3n) is 5.33. The number of hydrogen-bond acceptors (Lipinski definition) is 3. The highest BCUT2D eigenvalue weighted by Crippen LogP contribution is 2.27. The van der Waals surface area contributed by atoms with Gasteiger partial charge in [-0.05, 0) is 48.4 Å². The highest BCUT2D eigenvalue weighted by atomic mass is 35.5. The van der Waals surface area contributed by atoms with Gasteiger partial charge in [0.25, 0.3) is 15.9 Å². The normalized spacial score (nSPS) is 12.1. The number of carbonyl (C=O) groups is 1. The van der Waals surface area contributed by atoms with Crippen molar-refractivity contribution in [2.24, 2.45) is 0 Å². The maximum atomic E-state index is 13.2. The minimum absolute atomic E-state index is 0.0260. The predicted octanol–water partition coefficient (Wildman–Crippen LogP) is 5.97. The van der Waals surface area contributed by atoms with Crippen LogP contribution in [0.15, 0.2) is 108 Å². The van der Waals surface area contributed by atoms with E-state index in [1.807, 2.05) is 61.5 Å². The standard InChI is InChI=1S/C27H23ClN2O3S/c1-19-12-14-21(15-13-19)26(20-8-4-2-5-9-20)29-27(31)22-16-17-24(28)25(18-22)34(32,33)30-23-10-6-3-7-11-23/h2-18,26,30H,1H3,(H,29,31)/t26-/m1/s1. The Morgan fingerprint density at radius 3 is 2.03 bits per heavy atom. The zero-order valence-electron chi connectivity index (χ0n) is 18.4. The molecule has 1 amide bonds. The molecule has 0 saturated carbocycles. The minimum Gasteiger partial charge on any atom is -0.341 e. The third-order valence-corrected chi connectivity index (χ3v) is 7.19. The summed E-state index contributed by atoms with van der Waals surface area (Å²) >= 11 is 6.21. The van der Waals surface area contributed by atoms with Crippen LogP contribution in [0.25, 0.3) is 0 Å². The van der Waals surface area contributed by atoms with Gasteiger partial charge in [0.1, 0.15) is 4.90 Å². The average molecular weight is 491 g/mol. The van der Waals surface area contributed by atoms with Crippen LogP contribution in [-0.2, 0) is 10.0 Å². The second-order valence-corrected chi connectivity index (χ2v) is 9.90. The molecule has 0 bridgehead atoms. The first kappa shape index (κ1) is 23.5. The van der Waals surface area contributed by atoms with Gasteiger partial charge in [0.05, 0.1) is 11.1 Å². The largest absolute Gasteiger partial charge is 0.341 e. The number of amides is 1. The number of sulfonamides is 1. The maximum Gasteiger partial charge on any atom is 0.263 e. The van der Waals surface area contributed by atoms with Gasteiger partial charge in [-0.1, -0.05) is 90.0 Å². The number of nitrogens with one attached hydrogen (secondary N) is 2. The summed E-state index contributed by atoms with van der Waals surface area (Å²) in [5.41, 5.74) is 3.52. The highest BCUT2D eigenvalue weighted by Gasteiger charge is 2.22. The van der Waals surface area contributed by atoms with Crippen molar-refractivity contribution in [1.82, 2.24) is 5.32 Å². The Labute approximate surface area is 204 Å². The fourth-order valence-corrected chi connectivity index (χ4v) is 5.13. The summed E-state index contributed by atoms with van der Waals surface area (Å²) in [4.78, 5) is 13.1. The lowest BCUT2D eigenvalue weighted by molar-refractivity contribution is 0.0942. The second kappa shape index (κ2) is 10.1. The van der Waals surface area contributed by atoms with Gasteiger partial charge < -0.3 is 5.32 Å². The molecule has 1 atom stereocenters. The van der Waals surface area contributed by atoms with Crippen LogP contribution in [0.1, 0.15) is 33.1 Å². The zero-order valence-corrected chi connectivity index (χ0v) is 20.0. The molecule has 0 unspecified atom stereocenters. The molecule has 0 spiro atoms. The van der Waals surface area contributed by atoms with Gasteiger partial charge in [0.15, 0.2) is 0 Å². The Morgan fingerprint density at radius 1 is 0.794 bits per heavy atom. The van der Waals surface area contributed by atoms with Gasteiger partial charge in [-0.25, -0.2) is 8.42 Å². The van der Waals surface area contributed by atoms with E-state index < -0.39 is 22.0 Å². The van der Waals surface area contributed by atoms with E-state index in [4.69, 9.17) is 11.6 Å². The number of para-hydroxylation sites is 1. The summed E-state index contributed by atoms with van der Waals surface area (Å²) in [5, 5.41) is 3.06. The molecule has 0 aliphatic heterocycles. The lowest BCUT2D eigenvalue weighted by atomic mass is 9.97. The molecule has 0 aliphatic rings. The SMILES string of the molecule is Cc1ccc([C@H](NC(=O)c2ccc(Cl)c(S(=O)(=O)Nc3ccccc3)c2)c2ccccc2)cc1. The van der Waals surface area contributed by atoms with Crippen molar-refractivity contribution in [3.8, 4) is 0 Å². The summed E-state index contributed by atoms with van der Waals surface area (Å²) < 4.78 is 28.4. The quantitative estimate of drug-likeness (QED) is 0.335. The Balaban J connectivity index is 1.65. The third kappa shape index (κ3) is 5.47. The van der Waals surface area contributed by atoms with Crippen molar-refractivity contribution in [2.45, 2.75) is 17.9 Å². The molecule has 0 aromatic heterocycles. The van der Waals surface area contributed by atoms with Gasteiger partial charge in [0.2, 0.25) is 0 Å². The molecule has 7 heteroatoms. The fraction of sp³-hybridized carbons (Fsp3) is 0.0741. The lowest BCUT2D eigenvalue weighted by Crippen LogP contribution is -2.29. The molecule has 5 nitrogen and oxygen atoms in total.